The molecule has 0 fully saturated rings. The van der Waals surface area contributed by atoms with Crippen molar-refractivity contribution in [3.63, 3.8) is 0 Å². The van der Waals surface area contributed by atoms with Gasteiger partial charge in [-0.15, -0.1) is 0 Å². The molecule has 0 aliphatic rings. The van der Waals surface area contributed by atoms with Gasteiger partial charge in [-0.05, 0) is 38.5 Å². The quantitative estimate of drug-likeness (QED) is 0.913. The van der Waals surface area contributed by atoms with Crippen LogP contribution in [0.1, 0.15) is 18.2 Å². The van der Waals surface area contributed by atoms with Gasteiger partial charge in [0.15, 0.2) is 0 Å². The molecule has 0 saturated carbocycles. The maximum atomic E-state index is 14.0. The Morgan fingerprint density at radius 2 is 2.15 bits per heavy atom. The van der Waals surface area contributed by atoms with Gasteiger partial charge in [0, 0.05) is 19.3 Å². The smallest absolute Gasteiger partial charge is 0.208 e. The van der Waals surface area contributed by atoms with Crippen molar-refractivity contribution in [3.05, 3.63) is 41.5 Å². The molecule has 0 bridgehead atoms. The number of aryl methyl sites for hydroxylation is 2. The zero-order valence-electron chi connectivity index (χ0n) is 12.3. The number of aromatic nitrogens is 2. The Kier molecular flexibility index (Phi) is 4.39. The van der Waals surface area contributed by atoms with Gasteiger partial charge < -0.3 is 10.1 Å². The predicted octanol–water partition coefficient (Wildman–Crippen LogP) is 3.08. The van der Waals surface area contributed by atoms with E-state index in [0.29, 0.717) is 18.2 Å². The third-order valence-electron chi connectivity index (χ3n) is 2.98. The fraction of sp³-hybridized carbons (Fsp3) is 0.400. The number of nitrogens with zero attached hydrogens (tertiary/aromatic N) is 2. The third kappa shape index (κ3) is 3.17. The van der Waals surface area contributed by atoms with Gasteiger partial charge in [-0.1, -0.05) is 6.07 Å². The number of ether oxygens (including phenoxy) is 1. The molecule has 2 rings (SSSR count). The van der Waals surface area contributed by atoms with Crippen LogP contribution in [-0.4, -0.2) is 29.3 Å². The normalized spacial score (nSPS) is 12.4. The Labute approximate surface area is 118 Å². The number of methoxy groups -OCH3 is 1. The molecule has 1 atom stereocenters. The van der Waals surface area contributed by atoms with Crippen molar-refractivity contribution in [1.29, 1.82) is 0 Å². The zero-order valence-corrected chi connectivity index (χ0v) is 12.3. The molecule has 0 saturated heterocycles. The lowest BCUT2D eigenvalue weighted by atomic mass is 10.2. The molecule has 4 nitrogen and oxygen atoms in total. The van der Waals surface area contributed by atoms with E-state index in [4.69, 9.17) is 4.74 Å². The first-order valence-corrected chi connectivity index (χ1v) is 6.59. The van der Waals surface area contributed by atoms with Crippen LogP contribution < -0.4 is 5.32 Å². The van der Waals surface area contributed by atoms with E-state index in [0.717, 1.165) is 11.3 Å². The largest absolute Gasteiger partial charge is 0.383 e. The molecule has 0 aliphatic heterocycles. The Morgan fingerprint density at radius 1 is 1.40 bits per heavy atom. The summed E-state index contributed by atoms with van der Waals surface area (Å²) in [6.07, 6.45) is 1.82. The topological polar surface area (TPSA) is 39.1 Å². The first-order chi connectivity index (χ1) is 9.51. The van der Waals surface area contributed by atoms with Gasteiger partial charge in [-0.2, -0.15) is 0 Å². The highest BCUT2D eigenvalue weighted by Crippen LogP contribution is 2.21. The number of imidazole rings is 1. The number of halogens is 1. The van der Waals surface area contributed by atoms with Gasteiger partial charge in [-0.25, -0.2) is 9.37 Å². The molecule has 0 aliphatic carbocycles. The molecule has 0 amide bonds. The summed E-state index contributed by atoms with van der Waals surface area (Å²) >= 11 is 0. The Bertz CT molecular complexity index is 595. The van der Waals surface area contributed by atoms with E-state index in [1.54, 1.807) is 17.7 Å². The lowest BCUT2D eigenvalue weighted by Crippen LogP contribution is -2.23. The molecule has 1 N–H and O–H groups in total. The van der Waals surface area contributed by atoms with E-state index in [1.807, 2.05) is 33.0 Å². The molecule has 5 heteroatoms. The maximum absolute atomic E-state index is 14.0. The number of nitrogens with one attached hydrogen (secondary N) is 1. The van der Waals surface area contributed by atoms with Crippen molar-refractivity contribution in [2.45, 2.75) is 26.8 Å². The summed E-state index contributed by atoms with van der Waals surface area (Å²) in [5, 5.41) is 3.24. The monoisotopic (exact) mass is 277 g/mol. The summed E-state index contributed by atoms with van der Waals surface area (Å²) < 4.78 is 20.9. The molecule has 0 spiro atoms. The Morgan fingerprint density at radius 3 is 2.85 bits per heavy atom. The minimum Gasteiger partial charge on any atom is -0.383 e. The second-order valence-corrected chi connectivity index (χ2v) is 5.03. The highest BCUT2D eigenvalue weighted by atomic mass is 19.1. The summed E-state index contributed by atoms with van der Waals surface area (Å²) in [6.45, 7) is 6.37. The fourth-order valence-electron chi connectivity index (χ4n) is 2.10. The average Bonchev–Trinajstić information content (AvgIpc) is 2.73. The molecule has 1 unspecified atom stereocenters. The van der Waals surface area contributed by atoms with Crippen molar-refractivity contribution in [2.24, 2.45) is 0 Å². The van der Waals surface area contributed by atoms with Crippen molar-refractivity contribution < 1.29 is 9.13 Å². The molecule has 0 radical (unpaired) electrons. The van der Waals surface area contributed by atoms with Crippen LogP contribution in [-0.2, 0) is 4.74 Å². The highest BCUT2D eigenvalue weighted by molar-refractivity contribution is 5.46. The van der Waals surface area contributed by atoms with Gasteiger partial charge in [0.1, 0.15) is 5.82 Å². The molecule has 1 aromatic carbocycles. The Balaban J connectivity index is 2.38. The van der Waals surface area contributed by atoms with Gasteiger partial charge in [0.25, 0.3) is 0 Å². The SMILES string of the molecule is COCC(C)Nc1nc(C)cn1-c1cc(C)ccc1F. The summed E-state index contributed by atoms with van der Waals surface area (Å²) in [7, 11) is 1.65. The number of benzene rings is 1. The van der Waals surface area contributed by atoms with Crippen LogP contribution in [0.4, 0.5) is 10.3 Å². The second kappa shape index (κ2) is 6.05. The fourth-order valence-corrected chi connectivity index (χ4v) is 2.10. The second-order valence-electron chi connectivity index (χ2n) is 5.03. The summed E-state index contributed by atoms with van der Waals surface area (Å²) in [5.74, 6) is 0.354. The first-order valence-electron chi connectivity index (χ1n) is 6.59. The van der Waals surface area contributed by atoms with Crippen LogP contribution in [0.15, 0.2) is 24.4 Å². The van der Waals surface area contributed by atoms with Crippen LogP contribution in [0.3, 0.4) is 0 Å². The van der Waals surface area contributed by atoms with E-state index < -0.39 is 0 Å². The number of rotatable bonds is 5. The van der Waals surface area contributed by atoms with Crippen LogP contribution in [0.5, 0.6) is 0 Å². The number of hydrogen-bond acceptors (Lipinski definition) is 3. The van der Waals surface area contributed by atoms with Gasteiger partial charge in [-0.3, -0.25) is 4.57 Å². The molecule has 20 heavy (non-hydrogen) atoms. The van der Waals surface area contributed by atoms with E-state index in [9.17, 15) is 4.39 Å². The lowest BCUT2D eigenvalue weighted by molar-refractivity contribution is 0.190. The number of anilines is 1. The van der Waals surface area contributed by atoms with Crippen LogP contribution in [0.25, 0.3) is 5.69 Å². The average molecular weight is 277 g/mol. The molecular formula is C15H20FN3O. The molecular weight excluding hydrogens is 257 g/mol. The van der Waals surface area contributed by atoms with Gasteiger partial charge in [0.05, 0.1) is 18.0 Å². The highest BCUT2D eigenvalue weighted by Gasteiger charge is 2.13. The molecule has 2 aromatic rings. The molecule has 1 heterocycles. The summed E-state index contributed by atoms with van der Waals surface area (Å²) in [4.78, 5) is 4.41. The first kappa shape index (κ1) is 14.5. The van der Waals surface area contributed by atoms with E-state index >= 15 is 0 Å². The Hall–Kier alpha value is -1.88. The van der Waals surface area contributed by atoms with Crippen molar-refractivity contribution in [2.75, 3.05) is 19.0 Å². The van der Waals surface area contributed by atoms with E-state index in [1.165, 1.54) is 6.07 Å². The van der Waals surface area contributed by atoms with Crippen molar-refractivity contribution in [1.82, 2.24) is 9.55 Å². The van der Waals surface area contributed by atoms with Gasteiger partial charge in [0.2, 0.25) is 5.95 Å². The third-order valence-corrected chi connectivity index (χ3v) is 2.98. The zero-order chi connectivity index (χ0) is 14.7. The minimum atomic E-state index is -0.268. The molecule has 108 valence electrons. The van der Waals surface area contributed by atoms with Crippen molar-refractivity contribution in [3.8, 4) is 5.69 Å². The minimum absolute atomic E-state index is 0.0911. The summed E-state index contributed by atoms with van der Waals surface area (Å²) in [5.41, 5.74) is 2.33. The van der Waals surface area contributed by atoms with Crippen LogP contribution in [0.2, 0.25) is 0 Å². The van der Waals surface area contributed by atoms with Gasteiger partial charge >= 0.3 is 0 Å². The predicted molar refractivity (Wildman–Crippen MR) is 78.0 cm³/mol. The lowest BCUT2D eigenvalue weighted by Gasteiger charge is -2.15. The van der Waals surface area contributed by atoms with E-state index in [2.05, 4.69) is 10.3 Å². The van der Waals surface area contributed by atoms with Crippen LogP contribution >= 0.6 is 0 Å². The number of hydrogen-bond donors (Lipinski definition) is 1. The molecule has 1 aromatic heterocycles. The summed E-state index contributed by atoms with van der Waals surface area (Å²) in [6, 6.07) is 5.13. The standard InChI is InChI=1S/C15H20FN3O/c1-10-5-6-13(16)14(7-10)19-8-11(2)17-15(19)18-12(3)9-20-4/h5-8,12H,9H2,1-4H3,(H,17,18). The van der Waals surface area contributed by atoms with E-state index in [-0.39, 0.29) is 11.9 Å². The maximum Gasteiger partial charge on any atom is 0.208 e. The van der Waals surface area contributed by atoms with Crippen molar-refractivity contribution >= 4 is 5.95 Å². The van der Waals surface area contributed by atoms with Crippen LogP contribution in [0, 0.1) is 19.7 Å².